The summed E-state index contributed by atoms with van der Waals surface area (Å²) in [4.78, 5) is 10.7. The highest BCUT2D eigenvalue weighted by atomic mass is 32.2. The lowest BCUT2D eigenvalue weighted by molar-refractivity contribution is -0.114. The molecule has 3 rings (SSSR count). The Kier molecular flexibility index (Phi) is 4.54. The number of anilines is 4. The van der Waals surface area contributed by atoms with Crippen LogP contribution in [0.4, 0.5) is 22.7 Å². The van der Waals surface area contributed by atoms with Crippen molar-refractivity contribution in [3.05, 3.63) is 54.6 Å². The third kappa shape index (κ3) is 3.61. The Labute approximate surface area is 150 Å². The van der Waals surface area contributed by atoms with Crippen molar-refractivity contribution in [3.8, 4) is 0 Å². The van der Waals surface area contributed by atoms with Gasteiger partial charge in [0.25, 0.3) is 10.1 Å². The van der Waals surface area contributed by atoms with Crippen LogP contribution in [0.15, 0.2) is 59.5 Å². The third-order valence-electron chi connectivity index (χ3n) is 3.81. The molecule has 0 heterocycles. The Morgan fingerprint density at radius 1 is 1.00 bits per heavy atom. The molecule has 0 saturated carbocycles. The van der Waals surface area contributed by atoms with E-state index in [1.54, 1.807) is 48.5 Å². The zero-order chi connectivity index (χ0) is 18.9. The van der Waals surface area contributed by atoms with Crippen molar-refractivity contribution in [2.24, 2.45) is 0 Å². The van der Waals surface area contributed by atoms with Gasteiger partial charge in [-0.05, 0) is 30.3 Å². The molecule has 0 spiro atoms. The van der Waals surface area contributed by atoms with Crippen LogP contribution < -0.4 is 16.4 Å². The molecule has 5 N–H and O–H groups in total. The third-order valence-corrected chi connectivity index (χ3v) is 4.70. The largest absolute Gasteiger partial charge is 0.397 e. The van der Waals surface area contributed by atoms with Gasteiger partial charge in [0, 0.05) is 34.8 Å². The molecule has 0 atom stereocenters. The second-order valence-corrected chi connectivity index (χ2v) is 7.13. The standard InChI is InChI=1S/C18H17N3O4S/c1-11(22)20-12-6-8-13(9-7-12)21-16-10-17(26(23,24)25)18(19)15-5-3-2-4-14(15)16/h2-10,21H,19H2,1H3,(H,20,22)(H,23,24,25). The minimum atomic E-state index is -4.47. The Morgan fingerprint density at radius 2 is 1.58 bits per heavy atom. The van der Waals surface area contributed by atoms with Crippen LogP contribution in [-0.4, -0.2) is 18.9 Å². The van der Waals surface area contributed by atoms with E-state index in [2.05, 4.69) is 10.6 Å². The number of nitrogen functional groups attached to an aromatic ring is 1. The number of hydrogen-bond acceptors (Lipinski definition) is 5. The number of carbonyl (C=O) groups excluding carboxylic acids is 1. The monoisotopic (exact) mass is 371 g/mol. The van der Waals surface area contributed by atoms with Gasteiger partial charge < -0.3 is 16.4 Å². The van der Waals surface area contributed by atoms with E-state index in [-0.39, 0.29) is 16.5 Å². The van der Waals surface area contributed by atoms with Gasteiger partial charge in [-0.15, -0.1) is 0 Å². The summed E-state index contributed by atoms with van der Waals surface area (Å²) < 4.78 is 32.8. The zero-order valence-electron chi connectivity index (χ0n) is 13.9. The molecular weight excluding hydrogens is 354 g/mol. The molecule has 0 fully saturated rings. The van der Waals surface area contributed by atoms with Crippen molar-refractivity contribution in [1.29, 1.82) is 0 Å². The topological polar surface area (TPSA) is 122 Å². The summed E-state index contributed by atoms with van der Waals surface area (Å²) >= 11 is 0. The summed E-state index contributed by atoms with van der Waals surface area (Å²) in [7, 11) is -4.47. The van der Waals surface area contributed by atoms with E-state index in [1.165, 1.54) is 13.0 Å². The van der Waals surface area contributed by atoms with Crippen LogP contribution in [0.1, 0.15) is 6.92 Å². The zero-order valence-corrected chi connectivity index (χ0v) is 14.7. The van der Waals surface area contributed by atoms with E-state index in [4.69, 9.17) is 5.73 Å². The van der Waals surface area contributed by atoms with Crippen LogP contribution >= 0.6 is 0 Å². The lowest BCUT2D eigenvalue weighted by Crippen LogP contribution is -2.06. The molecule has 0 aliphatic rings. The molecule has 0 bridgehead atoms. The van der Waals surface area contributed by atoms with Crippen molar-refractivity contribution in [2.45, 2.75) is 11.8 Å². The maximum Gasteiger partial charge on any atom is 0.296 e. The van der Waals surface area contributed by atoms with Crippen LogP contribution in [0.5, 0.6) is 0 Å². The summed E-state index contributed by atoms with van der Waals surface area (Å²) in [6.45, 7) is 1.42. The minimum Gasteiger partial charge on any atom is -0.397 e. The average molecular weight is 371 g/mol. The van der Waals surface area contributed by atoms with E-state index < -0.39 is 10.1 Å². The summed E-state index contributed by atoms with van der Waals surface area (Å²) in [6, 6.07) is 15.2. The van der Waals surface area contributed by atoms with Crippen LogP contribution in [0.25, 0.3) is 10.8 Å². The Morgan fingerprint density at radius 3 is 2.15 bits per heavy atom. The Balaban J connectivity index is 2.07. The van der Waals surface area contributed by atoms with Crippen LogP contribution in [0, 0.1) is 0 Å². The van der Waals surface area contributed by atoms with E-state index >= 15 is 0 Å². The number of amides is 1. The fourth-order valence-corrected chi connectivity index (χ4v) is 3.34. The fourth-order valence-electron chi connectivity index (χ4n) is 2.68. The number of carbonyl (C=O) groups is 1. The van der Waals surface area contributed by atoms with Crippen molar-refractivity contribution >= 4 is 49.5 Å². The maximum absolute atomic E-state index is 11.7. The molecule has 8 heteroatoms. The van der Waals surface area contributed by atoms with Gasteiger partial charge in [0.15, 0.2) is 0 Å². The summed E-state index contributed by atoms with van der Waals surface area (Å²) in [5.74, 6) is -0.173. The highest BCUT2D eigenvalue weighted by molar-refractivity contribution is 7.86. The first-order valence-corrected chi connectivity index (χ1v) is 9.13. The molecule has 1 amide bonds. The Hall–Kier alpha value is -3.10. The van der Waals surface area contributed by atoms with E-state index in [9.17, 15) is 17.8 Å². The molecule has 0 unspecified atom stereocenters. The van der Waals surface area contributed by atoms with Gasteiger partial charge in [0.1, 0.15) is 4.90 Å². The number of rotatable bonds is 4. The summed E-state index contributed by atoms with van der Waals surface area (Å²) in [6.07, 6.45) is 0. The van der Waals surface area contributed by atoms with Gasteiger partial charge in [-0.1, -0.05) is 24.3 Å². The molecule has 0 radical (unpaired) electrons. The number of fused-ring (bicyclic) bond motifs is 1. The molecule has 0 saturated heterocycles. The molecular formula is C18H17N3O4S. The molecule has 26 heavy (non-hydrogen) atoms. The van der Waals surface area contributed by atoms with Gasteiger partial charge in [-0.25, -0.2) is 0 Å². The SMILES string of the molecule is CC(=O)Nc1ccc(Nc2cc(S(=O)(=O)O)c(N)c3ccccc23)cc1. The van der Waals surface area contributed by atoms with Crippen molar-refractivity contribution in [1.82, 2.24) is 0 Å². The van der Waals surface area contributed by atoms with Crippen molar-refractivity contribution < 1.29 is 17.8 Å². The molecule has 3 aromatic rings. The molecule has 7 nitrogen and oxygen atoms in total. The van der Waals surface area contributed by atoms with Crippen LogP contribution in [0.3, 0.4) is 0 Å². The molecule has 134 valence electrons. The second-order valence-electron chi connectivity index (χ2n) is 5.74. The predicted octanol–water partition coefficient (Wildman–Crippen LogP) is 3.37. The maximum atomic E-state index is 11.7. The summed E-state index contributed by atoms with van der Waals surface area (Å²) in [5.41, 5.74) is 7.72. The van der Waals surface area contributed by atoms with Crippen LogP contribution in [-0.2, 0) is 14.9 Å². The van der Waals surface area contributed by atoms with Gasteiger partial charge in [-0.3, -0.25) is 9.35 Å². The lowest BCUT2D eigenvalue weighted by Gasteiger charge is -2.14. The number of nitrogens with two attached hydrogens (primary N) is 1. The quantitative estimate of drug-likeness (QED) is 0.412. The average Bonchev–Trinajstić information content (AvgIpc) is 2.57. The second kappa shape index (κ2) is 6.66. The van der Waals surface area contributed by atoms with Gasteiger partial charge in [0.2, 0.25) is 5.91 Å². The van der Waals surface area contributed by atoms with Gasteiger partial charge in [0.05, 0.1) is 5.69 Å². The minimum absolute atomic E-state index is 0.00495. The number of nitrogens with one attached hydrogen (secondary N) is 2. The summed E-state index contributed by atoms with van der Waals surface area (Å²) in [5, 5.41) is 7.02. The van der Waals surface area contributed by atoms with Gasteiger partial charge >= 0.3 is 0 Å². The first kappa shape index (κ1) is 17.7. The lowest BCUT2D eigenvalue weighted by atomic mass is 10.1. The number of hydrogen-bond donors (Lipinski definition) is 4. The highest BCUT2D eigenvalue weighted by Crippen LogP contribution is 2.35. The van der Waals surface area contributed by atoms with E-state index in [0.29, 0.717) is 27.8 Å². The first-order chi connectivity index (χ1) is 12.3. The van der Waals surface area contributed by atoms with Crippen LogP contribution in [0.2, 0.25) is 0 Å². The Bertz CT molecular complexity index is 1090. The number of benzene rings is 3. The molecule has 3 aromatic carbocycles. The van der Waals surface area contributed by atoms with Gasteiger partial charge in [-0.2, -0.15) is 8.42 Å². The smallest absolute Gasteiger partial charge is 0.296 e. The molecule has 0 aliphatic carbocycles. The van der Waals surface area contributed by atoms with Crippen molar-refractivity contribution in [3.63, 3.8) is 0 Å². The predicted molar refractivity (Wildman–Crippen MR) is 102 cm³/mol. The van der Waals surface area contributed by atoms with E-state index in [1.807, 2.05) is 0 Å². The molecule has 0 aromatic heterocycles. The van der Waals surface area contributed by atoms with Crippen molar-refractivity contribution in [2.75, 3.05) is 16.4 Å². The molecule has 0 aliphatic heterocycles. The first-order valence-electron chi connectivity index (χ1n) is 7.69. The fraction of sp³-hybridized carbons (Fsp3) is 0.0556. The highest BCUT2D eigenvalue weighted by Gasteiger charge is 2.19. The normalized spacial score (nSPS) is 11.3. The van der Waals surface area contributed by atoms with E-state index in [0.717, 1.165) is 0 Å².